The third kappa shape index (κ3) is 5.96. The molecule has 0 aliphatic rings. The van der Waals surface area contributed by atoms with Gasteiger partial charge in [0, 0.05) is 10.0 Å². The Bertz CT molecular complexity index is 1130. The predicted octanol–water partition coefficient (Wildman–Crippen LogP) is 4.48. The molecule has 1 aromatic heterocycles. The van der Waals surface area contributed by atoms with Crippen LogP contribution in [-0.2, 0) is 4.74 Å². The Balaban J connectivity index is 1.55. The molecule has 0 N–H and O–H groups in total. The number of rotatable bonds is 8. The van der Waals surface area contributed by atoms with Crippen molar-refractivity contribution >= 4 is 33.7 Å². The Kier molecular flexibility index (Phi) is 8.41. The molecule has 0 aliphatic carbocycles. The molecule has 1 heterocycles. The molecule has 0 fully saturated rings. The SMILES string of the molecule is COc1cc(-c2nnc(SCC#CCOC(=O)c3cccc(Br)c3)o2)cc(OC)c1OC. The van der Waals surface area contributed by atoms with Crippen molar-refractivity contribution in [2.45, 2.75) is 5.22 Å². The van der Waals surface area contributed by atoms with Crippen molar-refractivity contribution in [2.24, 2.45) is 0 Å². The number of carbonyl (C=O) groups excluding carboxylic acids is 1. The molecule has 2 aromatic carbocycles. The molecule has 0 atom stereocenters. The number of hydrogen-bond donors (Lipinski definition) is 0. The minimum Gasteiger partial charge on any atom is -0.493 e. The van der Waals surface area contributed by atoms with E-state index in [2.05, 4.69) is 38.0 Å². The van der Waals surface area contributed by atoms with E-state index in [0.717, 1.165) is 4.47 Å². The number of benzene rings is 2. The third-order valence-corrected chi connectivity index (χ3v) is 5.24. The van der Waals surface area contributed by atoms with Crippen LogP contribution in [0.5, 0.6) is 17.2 Å². The summed E-state index contributed by atoms with van der Waals surface area (Å²) in [5.41, 5.74) is 1.09. The van der Waals surface area contributed by atoms with Crippen molar-refractivity contribution in [1.82, 2.24) is 10.2 Å². The van der Waals surface area contributed by atoms with Crippen LogP contribution in [0.1, 0.15) is 10.4 Å². The number of nitrogens with zero attached hydrogens (tertiary/aromatic N) is 2. The highest BCUT2D eigenvalue weighted by molar-refractivity contribution is 9.10. The number of methoxy groups -OCH3 is 3. The lowest BCUT2D eigenvalue weighted by atomic mass is 10.2. The van der Waals surface area contributed by atoms with Gasteiger partial charge < -0.3 is 23.4 Å². The van der Waals surface area contributed by atoms with Crippen molar-refractivity contribution < 1.29 is 28.2 Å². The molecule has 0 unspecified atom stereocenters. The molecule has 32 heavy (non-hydrogen) atoms. The predicted molar refractivity (Wildman–Crippen MR) is 122 cm³/mol. The molecule has 0 aliphatic heterocycles. The first-order chi connectivity index (χ1) is 15.5. The Morgan fingerprint density at radius 3 is 2.47 bits per heavy atom. The molecule has 0 amide bonds. The van der Waals surface area contributed by atoms with Gasteiger partial charge in [0.05, 0.1) is 32.6 Å². The van der Waals surface area contributed by atoms with Gasteiger partial charge in [-0.05, 0) is 30.3 Å². The van der Waals surface area contributed by atoms with Crippen LogP contribution >= 0.6 is 27.7 Å². The van der Waals surface area contributed by atoms with E-state index in [0.29, 0.717) is 45.2 Å². The van der Waals surface area contributed by atoms with E-state index in [-0.39, 0.29) is 6.61 Å². The topological polar surface area (TPSA) is 92.9 Å². The Labute approximate surface area is 197 Å². The van der Waals surface area contributed by atoms with E-state index < -0.39 is 5.97 Å². The Morgan fingerprint density at radius 1 is 1.06 bits per heavy atom. The summed E-state index contributed by atoms with van der Waals surface area (Å²) in [6.07, 6.45) is 0. The van der Waals surface area contributed by atoms with Gasteiger partial charge in [0.1, 0.15) is 0 Å². The minimum absolute atomic E-state index is 0.00751. The van der Waals surface area contributed by atoms with Gasteiger partial charge in [-0.2, -0.15) is 0 Å². The first kappa shape index (κ1) is 23.5. The first-order valence-electron chi connectivity index (χ1n) is 9.20. The highest BCUT2D eigenvalue weighted by Crippen LogP contribution is 2.41. The maximum atomic E-state index is 11.9. The third-order valence-electron chi connectivity index (χ3n) is 4.05. The summed E-state index contributed by atoms with van der Waals surface area (Å²) in [7, 11) is 4.60. The zero-order chi connectivity index (χ0) is 22.9. The van der Waals surface area contributed by atoms with E-state index in [1.165, 1.54) is 33.1 Å². The fraction of sp³-hybridized carbons (Fsp3) is 0.227. The van der Waals surface area contributed by atoms with Crippen molar-refractivity contribution in [2.75, 3.05) is 33.7 Å². The average molecular weight is 519 g/mol. The highest BCUT2D eigenvalue weighted by atomic mass is 79.9. The van der Waals surface area contributed by atoms with Gasteiger partial charge in [-0.15, -0.1) is 10.2 Å². The molecule has 0 saturated heterocycles. The van der Waals surface area contributed by atoms with Crippen molar-refractivity contribution in [3.8, 4) is 40.5 Å². The van der Waals surface area contributed by atoms with Crippen LogP contribution < -0.4 is 14.2 Å². The number of esters is 1. The van der Waals surface area contributed by atoms with Crippen LogP contribution in [0.15, 0.2) is 50.5 Å². The zero-order valence-electron chi connectivity index (χ0n) is 17.5. The Hall–Kier alpha value is -3.16. The summed E-state index contributed by atoms with van der Waals surface area (Å²) in [6, 6.07) is 10.4. The summed E-state index contributed by atoms with van der Waals surface area (Å²) in [6.45, 7) is -0.00751. The van der Waals surface area contributed by atoms with E-state index in [9.17, 15) is 4.79 Å². The quantitative estimate of drug-likeness (QED) is 0.243. The van der Waals surface area contributed by atoms with Gasteiger partial charge >= 0.3 is 5.97 Å². The molecule has 0 bridgehead atoms. The lowest BCUT2D eigenvalue weighted by Gasteiger charge is -2.12. The molecular formula is C22H19BrN2O6S. The second kappa shape index (κ2) is 11.5. The second-order valence-electron chi connectivity index (χ2n) is 6.02. The number of halogens is 1. The number of ether oxygens (including phenoxy) is 4. The summed E-state index contributed by atoms with van der Waals surface area (Å²) in [5, 5.41) is 8.43. The van der Waals surface area contributed by atoms with E-state index in [1.807, 2.05) is 6.07 Å². The molecular weight excluding hydrogens is 500 g/mol. The second-order valence-corrected chi connectivity index (χ2v) is 7.86. The van der Waals surface area contributed by atoms with Crippen molar-refractivity contribution in [3.63, 3.8) is 0 Å². The smallest absolute Gasteiger partial charge is 0.339 e. The van der Waals surface area contributed by atoms with Crippen LogP contribution in [0.25, 0.3) is 11.5 Å². The molecule has 8 nitrogen and oxygen atoms in total. The first-order valence-corrected chi connectivity index (χ1v) is 11.0. The normalized spacial score (nSPS) is 10.1. The van der Waals surface area contributed by atoms with Gasteiger partial charge in [0.15, 0.2) is 18.1 Å². The van der Waals surface area contributed by atoms with E-state index >= 15 is 0 Å². The zero-order valence-corrected chi connectivity index (χ0v) is 19.9. The monoisotopic (exact) mass is 518 g/mol. The average Bonchev–Trinajstić information content (AvgIpc) is 3.29. The maximum Gasteiger partial charge on any atom is 0.339 e. The number of hydrogen-bond acceptors (Lipinski definition) is 9. The number of carbonyl (C=O) groups is 1. The van der Waals surface area contributed by atoms with Crippen molar-refractivity contribution in [3.05, 3.63) is 46.4 Å². The summed E-state index contributed by atoms with van der Waals surface area (Å²) < 4.78 is 27.6. The van der Waals surface area contributed by atoms with Gasteiger partial charge in [-0.1, -0.05) is 45.6 Å². The largest absolute Gasteiger partial charge is 0.493 e. The summed E-state index contributed by atoms with van der Waals surface area (Å²) in [4.78, 5) is 11.9. The number of thioether (sulfide) groups is 1. The van der Waals surface area contributed by atoms with Crippen LogP contribution in [0.2, 0.25) is 0 Å². The van der Waals surface area contributed by atoms with Crippen molar-refractivity contribution in [1.29, 1.82) is 0 Å². The number of aromatic nitrogens is 2. The van der Waals surface area contributed by atoms with Gasteiger partial charge in [0.2, 0.25) is 11.6 Å². The molecule has 10 heteroatoms. The fourth-order valence-electron chi connectivity index (χ4n) is 2.59. The molecule has 0 saturated carbocycles. The lowest BCUT2D eigenvalue weighted by molar-refractivity contribution is 0.0556. The molecule has 3 aromatic rings. The summed E-state index contributed by atoms with van der Waals surface area (Å²) >= 11 is 4.59. The highest BCUT2D eigenvalue weighted by Gasteiger charge is 2.17. The van der Waals surface area contributed by atoms with E-state index in [1.54, 1.807) is 30.3 Å². The molecule has 0 radical (unpaired) electrons. The lowest BCUT2D eigenvalue weighted by Crippen LogP contribution is -2.05. The van der Waals surface area contributed by atoms with E-state index in [4.69, 9.17) is 23.4 Å². The molecule has 3 rings (SSSR count). The van der Waals surface area contributed by atoms with Crippen LogP contribution in [0, 0.1) is 11.8 Å². The van der Waals surface area contributed by atoms with Crippen LogP contribution in [-0.4, -0.2) is 49.9 Å². The summed E-state index contributed by atoms with van der Waals surface area (Å²) in [5.74, 6) is 7.40. The minimum atomic E-state index is -0.430. The van der Waals surface area contributed by atoms with Gasteiger partial charge in [-0.3, -0.25) is 0 Å². The van der Waals surface area contributed by atoms with Crippen LogP contribution in [0.3, 0.4) is 0 Å². The molecule has 166 valence electrons. The van der Waals surface area contributed by atoms with Crippen LogP contribution in [0.4, 0.5) is 0 Å². The maximum absolute atomic E-state index is 11.9. The van der Waals surface area contributed by atoms with Gasteiger partial charge in [-0.25, -0.2) is 4.79 Å². The fourth-order valence-corrected chi connectivity index (χ4v) is 3.52. The van der Waals surface area contributed by atoms with Gasteiger partial charge in [0.25, 0.3) is 5.22 Å². The Morgan fingerprint density at radius 2 is 1.81 bits per heavy atom. The standard InChI is InChI=1S/C22H19BrN2O6S/c1-27-17-12-15(13-18(28-2)19(17)29-3)20-24-25-22(31-20)32-10-5-4-9-30-21(26)14-7-6-8-16(23)11-14/h6-8,11-13H,9-10H2,1-3H3. The molecule has 0 spiro atoms.